The van der Waals surface area contributed by atoms with Crippen molar-refractivity contribution in [1.29, 1.82) is 0 Å². The maximum atomic E-state index is 13.4. The van der Waals surface area contributed by atoms with Crippen LogP contribution in [0, 0.1) is 0 Å². The molecule has 0 unspecified atom stereocenters. The molecule has 1 aromatic rings. The zero-order valence-electron chi connectivity index (χ0n) is 11.1. The fraction of sp³-hybridized carbons (Fsp3) is 0.538. The summed E-state index contributed by atoms with van der Waals surface area (Å²) in [7, 11) is 0. The van der Waals surface area contributed by atoms with Crippen LogP contribution in [-0.4, -0.2) is 37.8 Å². The molecule has 2 rings (SSSR count). The molecule has 21 heavy (non-hydrogen) atoms. The van der Waals surface area contributed by atoms with E-state index in [2.05, 4.69) is 5.32 Å². The standard InChI is InChI=1S/C13H15ClF4N2.ClH/c14-10-3-1-2-9(13(16,17)18)12(10)11(8-15)20-6-4-19-5-7-20;/h1-3,11,19H,4-8H2;1H/t11-;/m1./s1. The Morgan fingerprint density at radius 3 is 2.38 bits per heavy atom. The molecule has 0 radical (unpaired) electrons. The van der Waals surface area contributed by atoms with E-state index in [4.69, 9.17) is 11.6 Å². The lowest BCUT2D eigenvalue weighted by Gasteiger charge is -2.35. The summed E-state index contributed by atoms with van der Waals surface area (Å²) in [6.45, 7) is 1.35. The molecular formula is C13H16Cl2F4N2. The third-order valence-corrected chi connectivity index (χ3v) is 3.76. The number of hydrogen-bond donors (Lipinski definition) is 1. The minimum atomic E-state index is -4.54. The SMILES string of the molecule is Cl.FC[C@H](c1c(Cl)cccc1C(F)(F)F)N1CCNCC1. The smallest absolute Gasteiger partial charge is 0.314 e. The van der Waals surface area contributed by atoms with Crippen LogP contribution in [0.4, 0.5) is 17.6 Å². The van der Waals surface area contributed by atoms with Crippen molar-refractivity contribution < 1.29 is 17.6 Å². The number of alkyl halides is 4. The van der Waals surface area contributed by atoms with E-state index in [1.165, 1.54) is 12.1 Å². The van der Waals surface area contributed by atoms with E-state index in [1.54, 1.807) is 4.90 Å². The van der Waals surface area contributed by atoms with Crippen LogP contribution in [0.15, 0.2) is 18.2 Å². The minimum Gasteiger partial charge on any atom is -0.314 e. The van der Waals surface area contributed by atoms with Crippen molar-refractivity contribution in [2.24, 2.45) is 0 Å². The molecule has 0 saturated carbocycles. The molecule has 0 bridgehead atoms. The third-order valence-electron chi connectivity index (χ3n) is 3.43. The average Bonchev–Trinajstić information content (AvgIpc) is 2.41. The van der Waals surface area contributed by atoms with E-state index in [1.807, 2.05) is 0 Å². The Hall–Kier alpha value is -0.560. The second kappa shape index (κ2) is 7.63. The highest BCUT2D eigenvalue weighted by Gasteiger charge is 2.38. The van der Waals surface area contributed by atoms with Crippen LogP contribution in [0.25, 0.3) is 0 Å². The molecule has 0 aliphatic carbocycles. The van der Waals surface area contributed by atoms with Gasteiger partial charge in [-0.25, -0.2) is 4.39 Å². The lowest BCUT2D eigenvalue weighted by atomic mass is 9.98. The van der Waals surface area contributed by atoms with Crippen molar-refractivity contribution in [2.75, 3.05) is 32.9 Å². The molecule has 1 fully saturated rings. The summed E-state index contributed by atoms with van der Waals surface area (Å²) in [5.41, 5.74) is -1.02. The zero-order valence-corrected chi connectivity index (χ0v) is 12.7. The van der Waals surface area contributed by atoms with Gasteiger partial charge in [0, 0.05) is 36.8 Å². The topological polar surface area (TPSA) is 15.3 Å². The number of halogens is 6. The van der Waals surface area contributed by atoms with Crippen molar-refractivity contribution in [3.63, 3.8) is 0 Å². The fourth-order valence-corrected chi connectivity index (χ4v) is 2.77. The predicted molar refractivity (Wildman–Crippen MR) is 76.9 cm³/mol. The van der Waals surface area contributed by atoms with Crippen LogP contribution in [0.2, 0.25) is 5.02 Å². The summed E-state index contributed by atoms with van der Waals surface area (Å²) in [6.07, 6.45) is -4.54. The first-order chi connectivity index (χ1) is 9.45. The van der Waals surface area contributed by atoms with Crippen molar-refractivity contribution >= 4 is 24.0 Å². The Labute approximate surface area is 131 Å². The number of rotatable bonds is 3. The number of piperazine rings is 1. The van der Waals surface area contributed by atoms with Crippen molar-refractivity contribution in [2.45, 2.75) is 12.2 Å². The van der Waals surface area contributed by atoms with Gasteiger partial charge in [0.05, 0.1) is 11.6 Å². The Kier molecular flexibility index (Phi) is 6.71. The molecule has 1 saturated heterocycles. The molecule has 8 heteroatoms. The van der Waals surface area contributed by atoms with Gasteiger partial charge in [-0.3, -0.25) is 4.90 Å². The Balaban J connectivity index is 0.00000220. The predicted octanol–water partition coefficient (Wildman–Crippen LogP) is 3.70. The maximum Gasteiger partial charge on any atom is 0.416 e. The maximum absolute atomic E-state index is 13.4. The summed E-state index contributed by atoms with van der Waals surface area (Å²) >= 11 is 5.92. The monoisotopic (exact) mass is 346 g/mol. The number of benzene rings is 1. The third kappa shape index (κ3) is 4.22. The van der Waals surface area contributed by atoms with Gasteiger partial charge in [0.15, 0.2) is 0 Å². The van der Waals surface area contributed by atoms with Crippen LogP contribution in [-0.2, 0) is 6.18 Å². The number of nitrogens with one attached hydrogen (secondary N) is 1. The average molecular weight is 347 g/mol. The van der Waals surface area contributed by atoms with Crippen molar-refractivity contribution in [3.05, 3.63) is 34.3 Å². The highest BCUT2D eigenvalue weighted by atomic mass is 35.5. The van der Waals surface area contributed by atoms with E-state index in [0.717, 1.165) is 6.07 Å². The summed E-state index contributed by atoms with van der Waals surface area (Å²) in [4.78, 5) is 1.70. The molecule has 0 amide bonds. The van der Waals surface area contributed by atoms with Gasteiger partial charge in [-0.15, -0.1) is 12.4 Å². The molecule has 120 valence electrons. The zero-order chi connectivity index (χ0) is 14.8. The summed E-state index contributed by atoms with van der Waals surface area (Å²) < 4.78 is 52.6. The lowest BCUT2D eigenvalue weighted by molar-refractivity contribution is -0.138. The van der Waals surface area contributed by atoms with E-state index < -0.39 is 24.5 Å². The second-order valence-corrected chi connectivity index (χ2v) is 5.06. The van der Waals surface area contributed by atoms with Crippen LogP contribution in [0.5, 0.6) is 0 Å². The van der Waals surface area contributed by atoms with Crippen molar-refractivity contribution in [1.82, 2.24) is 10.2 Å². The highest BCUT2D eigenvalue weighted by molar-refractivity contribution is 6.31. The van der Waals surface area contributed by atoms with Gasteiger partial charge in [-0.2, -0.15) is 13.2 Å². The normalized spacial score (nSPS) is 18.1. The van der Waals surface area contributed by atoms with Gasteiger partial charge >= 0.3 is 6.18 Å². The fourth-order valence-electron chi connectivity index (χ4n) is 2.47. The molecule has 1 atom stereocenters. The molecule has 1 aromatic carbocycles. The van der Waals surface area contributed by atoms with Gasteiger partial charge in [0.2, 0.25) is 0 Å². The first-order valence-corrected chi connectivity index (χ1v) is 6.69. The number of hydrogen-bond acceptors (Lipinski definition) is 2. The summed E-state index contributed by atoms with van der Waals surface area (Å²) in [5, 5.41) is 3.04. The molecule has 0 aromatic heterocycles. The van der Waals surface area contributed by atoms with E-state index in [9.17, 15) is 17.6 Å². The van der Waals surface area contributed by atoms with Gasteiger partial charge in [-0.1, -0.05) is 17.7 Å². The highest BCUT2D eigenvalue weighted by Crippen LogP contribution is 2.40. The molecule has 1 N–H and O–H groups in total. The first kappa shape index (κ1) is 18.5. The molecule has 1 heterocycles. The van der Waals surface area contributed by atoms with E-state index in [-0.39, 0.29) is 23.0 Å². The van der Waals surface area contributed by atoms with Crippen LogP contribution in [0.3, 0.4) is 0 Å². The molecule has 1 aliphatic heterocycles. The largest absolute Gasteiger partial charge is 0.416 e. The van der Waals surface area contributed by atoms with Crippen LogP contribution < -0.4 is 5.32 Å². The summed E-state index contributed by atoms with van der Waals surface area (Å²) in [6, 6.07) is 2.60. The quantitative estimate of drug-likeness (QED) is 0.839. The lowest BCUT2D eigenvalue weighted by Crippen LogP contribution is -2.46. The van der Waals surface area contributed by atoms with Gasteiger partial charge < -0.3 is 5.32 Å². The van der Waals surface area contributed by atoms with E-state index in [0.29, 0.717) is 26.2 Å². The minimum absolute atomic E-state index is 0. The molecule has 0 spiro atoms. The molecule has 2 nitrogen and oxygen atoms in total. The Morgan fingerprint density at radius 2 is 1.86 bits per heavy atom. The van der Waals surface area contributed by atoms with Crippen LogP contribution >= 0.6 is 24.0 Å². The Morgan fingerprint density at radius 1 is 1.24 bits per heavy atom. The molecular weight excluding hydrogens is 331 g/mol. The summed E-state index contributed by atoms with van der Waals surface area (Å²) in [5.74, 6) is 0. The van der Waals surface area contributed by atoms with Gasteiger partial charge in [-0.05, 0) is 12.1 Å². The Bertz CT molecular complexity index is 462. The number of nitrogens with zero attached hydrogens (tertiary/aromatic N) is 1. The second-order valence-electron chi connectivity index (χ2n) is 4.65. The van der Waals surface area contributed by atoms with Gasteiger partial charge in [0.25, 0.3) is 0 Å². The van der Waals surface area contributed by atoms with Gasteiger partial charge in [0.1, 0.15) is 6.67 Å². The first-order valence-electron chi connectivity index (χ1n) is 6.31. The van der Waals surface area contributed by atoms with E-state index >= 15 is 0 Å². The molecule has 1 aliphatic rings. The van der Waals surface area contributed by atoms with Crippen LogP contribution in [0.1, 0.15) is 17.2 Å². The van der Waals surface area contributed by atoms with Crippen molar-refractivity contribution in [3.8, 4) is 0 Å².